The summed E-state index contributed by atoms with van der Waals surface area (Å²) in [4.78, 5) is 9.98. The predicted molar refractivity (Wildman–Crippen MR) is 231 cm³/mol. The quantitative estimate of drug-likeness (QED) is 0.186. The van der Waals surface area contributed by atoms with Crippen LogP contribution in [0.25, 0.3) is 71.7 Å². The van der Waals surface area contributed by atoms with Crippen molar-refractivity contribution >= 4 is 55.4 Å². The summed E-state index contributed by atoms with van der Waals surface area (Å²) in [5.41, 5.74) is 12.8. The molecule has 11 rings (SSSR count). The predicted octanol–water partition coefficient (Wildman–Crippen LogP) is 12.5. The number of para-hydroxylation sites is 1. The Balaban J connectivity index is 0.980. The van der Waals surface area contributed by atoms with Crippen molar-refractivity contribution in [2.24, 2.45) is 9.98 Å². The number of furan rings is 1. The van der Waals surface area contributed by atoms with Crippen LogP contribution in [-0.4, -0.2) is 16.2 Å². The summed E-state index contributed by atoms with van der Waals surface area (Å²) in [5, 5.41) is 8.22. The van der Waals surface area contributed by atoms with Crippen molar-refractivity contribution in [1.82, 2.24) is 9.88 Å². The highest BCUT2D eigenvalue weighted by molar-refractivity contribution is 6.16. The van der Waals surface area contributed by atoms with Gasteiger partial charge in [-0.1, -0.05) is 158 Å². The van der Waals surface area contributed by atoms with E-state index >= 15 is 0 Å². The number of aliphatic imine (C=N–C) groups is 2. The van der Waals surface area contributed by atoms with E-state index in [2.05, 4.69) is 168 Å². The zero-order valence-electron chi connectivity index (χ0n) is 30.3. The van der Waals surface area contributed by atoms with Gasteiger partial charge in [0.1, 0.15) is 23.2 Å². The molecule has 0 aliphatic carbocycles. The van der Waals surface area contributed by atoms with Crippen molar-refractivity contribution in [3.05, 3.63) is 211 Å². The Bertz CT molecular complexity index is 3140. The first kappa shape index (κ1) is 32.0. The molecular weight excluding hydrogens is 685 g/mol. The minimum atomic E-state index is -0.243. The first-order chi connectivity index (χ1) is 27.7. The maximum absolute atomic E-state index is 6.64. The highest BCUT2D eigenvalue weighted by Crippen LogP contribution is 2.40. The average Bonchev–Trinajstić information content (AvgIpc) is 3.82. The largest absolute Gasteiger partial charge is 0.456 e. The molecular formula is C51H34N4O. The van der Waals surface area contributed by atoms with Crippen LogP contribution in [0.15, 0.2) is 209 Å². The van der Waals surface area contributed by atoms with Crippen molar-refractivity contribution in [1.29, 1.82) is 0 Å². The van der Waals surface area contributed by atoms with Gasteiger partial charge in [0.2, 0.25) is 0 Å². The van der Waals surface area contributed by atoms with E-state index < -0.39 is 0 Å². The smallest absolute Gasteiger partial charge is 0.159 e. The molecule has 8 aromatic carbocycles. The van der Waals surface area contributed by atoms with E-state index in [1.165, 1.54) is 32.9 Å². The monoisotopic (exact) mass is 718 g/mol. The first-order valence-corrected chi connectivity index (χ1v) is 18.9. The minimum Gasteiger partial charge on any atom is -0.456 e. The van der Waals surface area contributed by atoms with Gasteiger partial charge in [0.15, 0.2) is 5.84 Å². The Kier molecular flexibility index (Phi) is 7.49. The molecule has 3 heterocycles. The van der Waals surface area contributed by atoms with E-state index in [0.29, 0.717) is 5.84 Å². The van der Waals surface area contributed by atoms with E-state index in [1.54, 1.807) is 0 Å². The molecule has 1 N–H and O–H groups in total. The number of aromatic nitrogens is 1. The molecule has 0 fully saturated rings. The lowest BCUT2D eigenvalue weighted by Crippen LogP contribution is -2.33. The van der Waals surface area contributed by atoms with Gasteiger partial charge in [0.05, 0.1) is 22.1 Å². The maximum atomic E-state index is 6.64. The zero-order valence-corrected chi connectivity index (χ0v) is 30.3. The molecule has 1 atom stereocenters. The molecule has 5 heteroatoms. The second-order valence-corrected chi connectivity index (χ2v) is 14.2. The van der Waals surface area contributed by atoms with Crippen LogP contribution in [0, 0.1) is 0 Å². The Hall–Kier alpha value is -7.50. The number of amidine groups is 2. The molecule has 2 aromatic heterocycles. The Morgan fingerprint density at radius 1 is 0.446 bits per heavy atom. The van der Waals surface area contributed by atoms with E-state index in [1.807, 2.05) is 36.4 Å². The number of benzene rings is 8. The average molecular weight is 719 g/mol. The van der Waals surface area contributed by atoms with E-state index in [0.717, 1.165) is 61.3 Å². The van der Waals surface area contributed by atoms with Crippen LogP contribution in [0.1, 0.15) is 22.9 Å². The van der Waals surface area contributed by atoms with Crippen LogP contribution < -0.4 is 5.32 Å². The highest BCUT2D eigenvalue weighted by atomic mass is 16.3. The molecule has 5 nitrogen and oxygen atoms in total. The molecule has 0 saturated heterocycles. The summed E-state index contributed by atoms with van der Waals surface area (Å²) in [6.45, 7) is 0. The third-order valence-corrected chi connectivity index (χ3v) is 10.9. The molecule has 1 aliphatic heterocycles. The van der Waals surface area contributed by atoms with E-state index in [-0.39, 0.29) is 6.17 Å². The van der Waals surface area contributed by atoms with Crippen LogP contribution in [-0.2, 0) is 0 Å². The molecule has 56 heavy (non-hydrogen) atoms. The minimum absolute atomic E-state index is 0.243. The van der Waals surface area contributed by atoms with Crippen LogP contribution in [0.3, 0.4) is 0 Å². The second-order valence-electron chi connectivity index (χ2n) is 14.2. The summed E-state index contributed by atoms with van der Waals surface area (Å²) in [6.07, 6.45) is -0.243. The topological polar surface area (TPSA) is 54.8 Å². The van der Waals surface area contributed by atoms with Gasteiger partial charge in [-0.05, 0) is 64.2 Å². The van der Waals surface area contributed by atoms with Crippen molar-refractivity contribution in [3.63, 3.8) is 0 Å². The van der Waals surface area contributed by atoms with Crippen molar-refractivity contribution in [2.75, 3.05) is 0 Å². The summed E-state index contributed by atoms with van der Waals surface area (Å²) in [6, 6.07) is 68.0. The fourth-order valence-electron chi connectivity index (χ4n) is 8.15. The summed E-state index contributed by atoms with van der Waals surface area (Å²) in [7, 11) is 0. The van der Waals surface area contributed by atoms with Gasteiger partial charge in [-0.25, -0.2) is 9.98 Å². The molecule has 264 valence electrons. The number of nitrogens with zero attached hydrogens (tertiary/aromatic N) is 3. The molecule has 1 unspecified atom stereocenters. The van der Waals surface area contributed by atoms with Gasteiger partial charge in [0.25, 0.3) is 0 Å². The number of rotatable bonds is 6. The van der Waals surface area contributed by atoms with E-state index in [4.69, 9.17) is 14.4 Å². The fraction of sp³-hybridized carbons (Fsp3) is 0.0196. The van der Waals surface area contributed by atoms with Gasteiger partial charge < -0.3 is 14.3 Å². The lowest BCUT2D eigenvalue weighted by Gasteiger charge is -2.23. The third-order valence-electron chi connectivity index (χ3n) is 10.9. The highest BCUT2D eigenvalue weighted by Gasteiger charge is 2.22. The normalized spacial score (nSPS) is 14.2. The second kappa shape index (κ2) is 13.1. The van der Waals surface area contributed by atoms with Crippen molar-refractivity contribution in [3.8, 4) is 27.9 Å². The molecule has 0 saturated carbocycles. The number of hydrogen-bond donors (Lipinski definition) is 1. The maximum Gasteiger partial charge on any atom is 0.159 e. The van der Waals surface area contributed by atoms with Gasteiger partial charge in [0, 0.05) is 27.3 Å². The first-order valence-electron chi connectivity index (χ1n) is 18.9. The molecule has 1 aliphatic rings. The Labute approximate surface area is 323 Å². The van der Waals surface area contributed by atoms with Crippen LogP contribution in [0.5, 0.6) is 0 Å². The molecule has 0 bridgehead atoms. The molecule has 0 radical (unpaired) electrons. The number of hydrogen-bond acceptors (Lipinski definition) is 4. The van der Waals surface area contributed by atoms with Gasteiger partial charge in [-0.2, -0.15) is 0 Å². The zero-order chi connectivity index (χ0) is 37.0. The van der Waals surface area contributed by atoms with Gasteiger partial charge in [-0.3, -0.25) is 0 Å². The summed E-state index contributed by atoms with van der Waals surface area (Å²) >= 11 is 0. The lowest BCUT2D eigenvalue weighted by molar-refractivity contribution is 0.669. The lowest BCUT2D eigenvalue weighted by atomic mass is 10.0. The van der Waals surface area contributed by atoms with Crippen LogP contribution in [0.4, 0.5) is 0 Å². The molecule has 0 amide bonds. The standard InChI is InChI=1S/C51H34N4O/c1-4-13-33(14-5-1)38-27-29-41-40-19-10-11-20-43(40)55(45(41)31-38)44-21-12-22-46-48(44)42-30-28-39(32-47(42)56-46)34-23-25-37(26-24-34)51-53-49(35-15-6-2-7-16-35)52-50(54-51)36-17-8-3-9-18-36/h1-32,49H,(H,52,53,54). The summed E-state index contributed by atoms with van der Waals surface area (Å²) < 4.78 is 9.04. The van der Waals surface area contributed by atoms with Crippen LogP contribution >= 0.6 is 0 Å². The van der Waals surface area contributed by atoms with Crippen molar-refractivity contribution in [2.45, 2.75) is 6.17 Å². The SMILES string of the molecule is c1ccc(C2=NC(c3ccccc3)NC(c3ccc(-c4ccc5c(c4)oc4cccc(-n6c7ccccc7c7ccc(-c8ccccc8)cc76)c45)cc3)=N2)cc1. The van der Waals surface area contributed by atoms with Crippen molar-refractivity contribution < 1.29 is 4.42 Å². The molecule has 0 spiro atoms. The Morgan fingerprint density at radius 3 is 1.84 bits per heavy atom. The number of nitrogens with one attached hydrogen (secondary N) is 1. The fourth-order valence-corrected chi connectivity index (χ4v) is 8.15. The van der Waals surface area contributed by atoms with Gasteiger partial charge in [-0.15, -0.1) is 0 Å². The number of fused-ring (bicyclic) bond motifs is 6. The molecule has 10 aromatic rings. The third kappa shape index (κ3) is 5.40. The van der Waals surface area contributed by atoms with Crippen LogP contribution in [0.2, 0.25) is 0 Å². The Morgan fingerprint density at radius 2 is 1.05 bits per heavy atom. The van der Waals surface area contributed by atoms with E-state index in [9.17, 15) is 0 Å². The summed E-state index contributed by atoms with van der Waals surface area (Å²) in [5.74, 6) is 1.50. The van der Waals surface area contributed by atoms with Gasteiger partial charge >= 0.3 is 0 Å².